The summed E-state index contributed by atoms with van der Waals surface area (Å²) in [5.41, 5.74) is 0.909. The molecule has 2 aliphatic rings. The Kier molecular flexibility index (Phi) is 4.32. The lowest BCUT2D eigenvalue weighted by molar-refractivity contribution is 0.0455. The molecule has 0 saturated carbocycles. The third kappa shape index (κ3) is 2.73. The van der Waals surface area contributed by atoms with Gasteiger partial charge in [-0.1, -0.05) is 18.2 Å². The molecule has 2 heterocycles. The monoisotopic (exact) mass is 361 g/mol. The second-order valence-corrected chi connectivity index (χ2v) is 7.15. The highest BCUT2D eigenvalue weighted by Gasteiger charge is 2.50. The average molecular weight is 361 g/mol. The van der Waals surface area contributed by atoms with Crippen molar-refractivity contribution in [1.82, 2.24) is 4.90 Å². The molecule has 1 saturated heterocycles. The summed E-state index contributed by atoms with van der Waals surface area (Å²) < 4.78 is 38.7. The fourth-order valence-electron chi connectivity index (χ4n) is 4.16. The van der Waals surface area contributed by atoms with E-state index in [4.69, 9.17) is 9.47 Å². The standard InChI is InChI=1S/C20H21F2NO3/c1-25-14-5-6-15-16-9-23(8-13-3-2-4-17(21)19(13)22)10-20(16,11-24)12-26-18(15)7-14/h2-7,16,24H,8-12H2,1H3/t16-,20-/m1/s1. The van der Waals surface area contributed by atoms with Gasteiger partial charge in [0.25, 0.3) is 0 Å². The number of ether oxygens (including phenoxy) is 2. The molecule has 0 aromatic heterocycles. The summed E-state index contributed by atoms with van der Waals surface area (Å²) in [6.07, 6.45) is 0. The van der Waals surface area contributed by atoms with Crippen LogP contribution < -0.4 is 9.47 Å². The molecule has 4 rings (SSSR count). The third-order valence-corrected chi connectivity index (χ3v) is 5.57. The molecule has 1 fully saturated rings. The molecule has 2 aromatic carbocycles. The van der Waals surface area contributed by atoms with Crippen LogP contribution in [-0.2, 0) is 6.54 Å². The van der Waals surface area contributed by atoms with Crippen LogP contribution in [0.2, 0.25) is 0 Å². The van der Waals surface area contributed by atoms with Crippen molar-refractivity contribution < 1.29 is 23.4 Å². The van der Waals surface area contributed by atoms with E-state index >= 15 is 0 Å². The van der Waals surface area contributed by atoms with Crippen molar-refractivity contribution in [2.75, 3.05) is 33.4 Å². The van der Waals surface area contributed by atoms with Crippen molar-refractivity contribution >= 4 is 0 Å². The Balaban J connectivity index is 1.62. The van der Waals surface area contributed by atoms with Gasteiger partial charge in [0.05, 0.1) is 20.3 Å². The van der Waals surface area contributed by atoms with Crippen LogP contribution >= 0.6 is 0 Å². The maximum absolute atomic E-state index is 14.0. The van der Waals surface area contributed by atoms with E-state index < -0.39 is 17.0 Å². The first-order valence-corrected chi connectivity index (χ1v) is 8.63. The smallest absolute Gasteiger partial charge is 0.163 e. The summed E-state index contributed by atoms with van der Waals surface area (Å²) in [4.78, 5) is 2.06. The van der Waals surface area contributed by atoms with Crippen LogP contribution in [0.15, 0.2) is 36.4 Å². The second-order valence-electron chi connectivity index (χ2n) is 7.15. The van der Waals surface area contributed by atoms with Gasteiger partial charge >= 0.3 is 0 Å². The maximum atomic E-state index is 14.0. The van der Waals surface area contributed by atoms with E-state index in [1.807, 2.05) is 18.2 Å². The van der Waals surface area contributed by atoms with Gasteiger partial charge in [-0.2, -0.15) is 0 Å². The number of fused-ring (bicyclic) bond motifs is 3. The highest BCUT2D eigenvalue weighted by Crippen LogP contribution is 2.50. The number of aliphatic hydroxyl groups excluding tert-OH is 1. The Morgan fingerprint density at radius 3 is 2.92 bits per heavy atom. The molecule has 0 amide bonds. The summed E-state index contributed by atoms with van der Waals surface area (Å²) in [5.74, 6) is -0.0912. The molecular weight excluding hydrogens is 340 g/mol. The first-order chi connectivity index (χ1) is 12.6. The quantitative estimate of drug-likeness (QED) is 0.909. The first kappa shape index (κ1) is 17.2. The minimum atomic E-state index is -0.836. The highest BCUT2D eigenvalue weighted by molar-refractivity contribution is 5.46. The van der Waals surface area contributed by atoms with E-state index in [1.54, 1.807) is 13.2 Å². The SMILES string of the molecule is COc1ccc2c(c1)OC[C@]1(CO)CN(Cc3cccc(F)c3F)C[C@H]21. The van der Waals surface area contributed by atoms with Gasteiger partial charge in [-0.05, 0) is 17.7 Å². The number of aliphatic hydroxyl groups is 1. The van der Waals surface area contributed by atoms with E-state index in [2.05, 4.69) is 4.90 Å². The lowest BCUT2D eigenvalue weighted by Crippen LogP contribution is -2.42. The minimum absolute atomic E-state index is 0.0226. The molecule has 4 nitrogen and oxygen atoms in total. The number of methoxy groups -OCH3 is 1. The zero-order valence-corrected chi connectivity index (χ0v) is 14.5. The van der Waals surface area contributed by atoms with Gasteiger partial charge in [0.2, 0.25) is 0 Å². The molecule has 2 aromatic rings. The third-order valence-electron chi connectivity index (χ3n) is 5.57. The Morgan fingerprint density at radius 1 is 1.31 bits per heavy atom. The number of nitrogens with zero attached hydrogens (tertiary/aromatic N) is 1. The number of hydrogen-bond acceptors (Lipinski definition) is 4. The lowest BCUT2D eigenvalue weighted by atomic mass is 9.74. The summed E-state index contributed by atoms with van der Waals surface area (Å²) >= 11 is 0. The van der Waals surface area contributed by atoms with Crippen LogP contribution in [0.4, 0.5) is 8.78 Å². The number of rotatable bonds is 4. The zero-order valence-electron chi connectivity index (χ0n) is 14.5. The molecule has 1 N–H and O–H groups in total. The van der Waals surface area contributed by atoms with Gasteiger partial charge in [-0.3, -0.25) is 4.90 Å². The van der Waals surface area contributed by atoms with Crippen molar-refractivity contribution in [3.8, 4) is 11.5 Å². The summed E-state index contributed by atoms with van der Waals surface area (Å²) in [5, 5.41) is 10.1. The number of benzene rings is 2. The van der Waals surface area contributed by atoms with Gasteiger partial charge in [-0.25, -0.2) is 8.78 Å². The first-order valence-electron chi connectivity index (χ1n) is 8.63. The van der Waals surface area contributed by atoms with Crippen molar-refractivity contribution in [3.05, 3.63) is 59.2 Å². The molecule has 138 valence electrons. The number of hydrogen-bond donors (Lipinski definition) is 1. The summed E-state index contributed by atoms with van der Waals surface area (Å²) in [6.45, 7) is 1.88. The van der Waals surface area contributed by atoms with Crippen LogP contribution in [0.1, 0.15) is 17.0 Å². The largest absolute Gasteiger partial charge is 0.497 e. The van der Waals surface area contributed by atoms with Crippen molar-refractivity contribution in [1.29, 1.82) is 0 Å². The van der Waals surface area contributed by atoms with E-state index in [0.717, 1.165) is 23.1 Å². The Bertz CT molecular complexity index is 829. The Labute approximate surface area is 151 Å². The molecule has 0 aliphatic carbocycles. The maximum Gasteiger partial charge on any atom is 0.163 e. The normalized spacial score (nSPS) is 24.7. The zero-order chi connectivity index (χ0) is 18.3. The van der Waals surface area contributed by atoms with Gasteiger partial charge < -0.3 is 14.6 Å². The molecule has 0 unspecified atom stereocenters. The highest BCUT2D eigenvalue weighted by atomic mass is 19.2. The molecule has 0 spiro atoms. The minimum Gasteiger partial charge on any atom is -0.497 e. The predicted octanol–water partition coefficient (Wildman–Crippen LogP) is 2.94. The molecule has 0 radical (unpaired) electrons. The topological polar surface area (TPSA) is 41.9 Å². The molecule has 2 atom stereocenters. The second kappa shape index (κ2) is 6.52. The van der Waals surface area contributed by atoms with Gasteiger partial charge in [-0.15, -0.1) is 0 Å². The van der Waals surface area contributed by atoms with Crippen molar-refractivity contribution in [3.63, 3.8) is 0 Å². The van der Waals surface area contributed by atoms with E-state index in [0.29, 0.717) is 31.8 Å². The predicted molar refractivity (Wildman–Crippen MR) is 92.4 cm³/mol. The van der Waals surface area contributed by atoms with E-state index in [9.17, 15) is 13.9 Å². The Hall–Kier alpha value is -2.18. The lowest BCUT2D eigenvalue weighted by Gasteiger charge is -2.38. The van der Waals surface area contributed by atoms with Crippen LogP contribution in [0, 0.1) is 17.0 Å². The Morgan fingerprint density at radius 2 is 2.15 bits per heavy atom. The molecule has 2 aliphatic heterocycles. The van der Waals surface area contributed by atoms with E-state index in [1.165, 1.54) is 6.07 Å². The molecule has 0 bridgehead atoms. The fourth-order valence-corrected chi connectivity index (χ4v) is 4.16. The van der Waals surface area contributed by atoms with Crippen LogP contribution in [0.5, 0.6) is 11.5 Å². The van der Waals surface area contributed by atoms with Gasteiger partial charge in [0.15, 0.2) is 11.6 Å². The summed E-state index contributed by atoms with van der Waals surface area (Å²) in [6, 6.07) is 9.94. The number of likely N-dealkylation sites (tertiary alicyclic amines) is 1. The van der Waals surface area contributed by atoms with Crippen LogP contribution in [-0.4, -0.2) is 43.4 Å². The van der Waals surface area contributed by atoms with E-state index in [-0.39, 0.29) is 12.5 Å². The van der Waals surface area contributed by atoms with Crippen molar-refractivity contribution in [2.24, 2.45) is 5.41 Å². The number of halogens is 2. The summed E-state index contributed by atoms with van der Waals surface area (Å²) in [7, 11) is 1.60. The van der Waals surface area contributed by atoms with Gasteiger partial charge in [0, 0.05) is 42.6 Å². The molecule has 6 heteroatoms. The van der Waals surface area contributed by atoms with Gasteiger partial charge in [0.1, 0.15) is 11.5 Å². The van der Waals surface area contributed by atoms with Crippen LogP contribution in [0.25, 0.3) is 0 Å². The van der Waals surface area contributed by atoms with Crippen LogP contribution in [0.3, 0.4) is 0 Å². The average Bonchev–Trinajstić information content (AvgIpc) is 3.04. The molecular formula is C20H21F2NO3. The van der Waals surface area contributed by atoms with Crippen molar-refractivity contribution in [2.45, 2.75) is 12.5 Å². The molecule has 26 heavy (non-hydrogen) atoms. The fraction of sp³-hybridized carbons (Fsp3) is 0.400.